The van der Waals surface area contributed by atoms with E-state index >= 15 is 0 Å². The highest BCUT2D eigenvalue weighted by Crippen LogP contribution is 2.30. The number of ether oxygens (including phenoxy) is 1. The molecule has 0 saturated carbocycles. The van der Waals surface area contributed by atoms with E-state index in [9.17, 15) is 0 Å². The molecule has 0 N–H and O–H groups in total. The summed E-state index contributed by atoms with van der Waals surface area (Å²) >= 11 is 1.60. The molecule has 2 aromatic heterocycles. The lowest BCUT2D eigenvalue weighted by Crippen LogP contribution is -2.37. The summed E-state index contributed by atoms with van der Waals surface area (Å²) in [5, 5.41) is 14.0. The van der Waals surface area contributed by atoms with E-state index in [-0.39, 0.29) is 0 Å². The Morgan fingerprint density at radius 3 is 2.40 bits per heavy atom. The van der Waals surface area contributed by atoms with Gasteiger partial charge in [-0.2, -0.15) is 0 Å². The van der Waals surface area contributed by atoms with Crippen LogP contribution in [0.4, 0.5) is 5.95 Å². The lowest BCUT2D eigenvalue weighted by molar-refractivity contribution is 0.122. The van der Waals surface area contributed by atoms with Crippen molar-refractivity contribution in [1.29, 1.82) is 0 Å². The van der Waals surface area contributed by atoms with Crippen molar-refractivity contribution in [3.8, 4) is 17.0 Å². The Morgan fingerprint density at radius 2 is 1.63 bits per heavy atom. The summed E-state index contributed by atoms with van der Waals surface area (Å²) in [6, 6.07) is 22.2. The maximum Gasteiger partial charge on any atom is 0.232 e. The SMILES string of the molecule is c1ccc(-c2cc(CSc3nnc(N4CCOCC4)n3-c3ccccc3)no2)cc1. The van der Waals surface area contributed by atoms with Gasteiger partial charge in [0.05, 0.1) is 24.6 Å². The smallest absolute Gasteiger partial charge is 0.232 e. The van der Waals surface area contributed by atoms with Crippen molar-refractivity contribution in [3.05, 3.63) is 72.4 Å². The summed E-state index contributed by atoms with van der Waals surface area (Å²) < 4.78 is 13.1. The number of benzene rings is 2. The van der Waals surface area contributed by atoms with E-state index in [1.807, 2.05) is 54.6 Å². The fraction of sp³-hybridized carbons (Fsp3) is 0.227. The van der Waals surface area contributed by atoms with Gasteiger partial charge in [0.2, 0.25) is 5.95 Å². The predicted octanol–water partition coefficient (Wildman–Crippen LogP) is 4.05. The number of rotatable bonds is 6. The van der Waals surface area contributed by atoms with Crippen LogP contribution in [0.25, 0.3) is 17.0 Å². The van der Waals surface area contributed by atoms with Gasteiger partial charge in [-0.3, -0.25) is 4.57 Å². The zero-order chi connectivity index (χ0) is 20.2. The number of hydrogen-bond acceptors (Lipinski definition) is 7. The number of thioether (sulfide) groups is 1. The highest BCUT2D eigenvalue weighted by atomic mass is 32.2. The average molecular weight is 420 g/mol. The van der Waals surface area contributed by atoms with Crippen molar-refractivity contribution >= 4 is 17.7 Å². The molecule has 0 amide bonds. The summed E-state index contributed by atoms with van der Waals surface area (Å²) in [5.74, 6) is 2.26. The van der Waals surface area contributed by atoms with Crippen LogP contribution < -0.4 is 4.90 Å². The normalized spacial score (nSPS) is 14.2. The van der Waals surface area contributed by atoms with Gasteiger partial charge in [0.15, 0.2) is 10.9 Å². The van der Waals surface area contributed by atoms with Crippen molar-refractivity contribution < 1.29 is 9.26 Å². The molecule has 152 valence electrons. The lowest BCUT2D eigenvalue weighted by Gasteiger charge is -2.27. The molecular weight excluding hydrogens is 398 g/mol. The topological polar surface area (TPSA) is 69.2 Å². The molecule has 1 aliphatic heterocycles. The first-order valence-corrected chi connectivity index (χ1v) is 10.8. The number of aromatic nitrogens is 4. The second kappa shape index (κ2) is 8.73. The first-order valence-electron chi connectivity index (χ1n) is 9.86. The van der Waals surface area contributed by atoms with E-state index < -0.39 is 0 Å². The highest BCUT2D eigenvalue weighted by molar-refractivity contribution is 7.98. The third-order valence-electron chi connectivity index (χ3n) is 4.89. The van der Waals surface area contributed by atoms with Crippen molar-refractivity contribution in [2.75, 3.05) is 31.2 Å². The predicted molar refractivity (Wildman–Crippen MR) is 116 cm³/mol. The molecule has 2 aromatic carbocycles. The Kier molecular flexibility index (Phi) is 5.50. The van der Waals surface area contributed by atoms with E-state index in [1.54, 1.807) is 11.8 Å². The Morgan fingerprint density at radius 1 is 0.900 bits per heavy atom. The van der Waals surface area contributed by atoms with Crippen LogP contribution >= 0.6 is 11.8 Å². The molecule has 7 nitrogen and oxygen atoms in total. The van der Waals surface area contributed by atoms with Crippen molar-refractivity contribution in [3.63, 3.8) is 0 Å². The van der Waals surface area contributed by atoms with E-state index in [1.165, 1.54) is 0 Å². The molecule has 1 aliphatic rings. The molecule has 4 aromatic rings. The van der Waals surface area contributed by atoms with Gasteiger partial charge in [-0.05, 0) is 12.1 Å². The molecular formula is C22H21N5O2S. The number of anilines is 1. The molecule has 8 heteroatoms. The van der Waals surface area contributed by atoms with E-state index in [2.05, 4.69) is 37.0 Å². The van der Waals surface area contributed by atoms with Crippen molar-refractivity contribution in [2.45, 2.75) is 10.9 Å². The molecule has 1 fully saturated rings. The Balaban J connectivity index is 1.39. The van der Waals surface area contributed by atoms with Gasteiger partial charge in [-0.25, -0.2) is 0 Å². The van der Waals surface area contributed by atoms with Gasteiger partial charge in [0, 0.05) is 30.5 Å². The van der Waals surface area contributed by atoms with E-state index in [0.717, 1.165) is 46.9 Å². The first-order chi connectivity index (χ1) is 14.9. The molecule has 0 bridgehead atoms. The van der Waals surface area contributed by atoms with Crippen LogP contribution in [0.2, 0.25) is 0 Å². The lowest BCUT2D eigenvalue weighted by atomic mass is 10.2. The third-order valence-corrected chi connectivity index (χ3v) is 5.85. The van der Waals surface area contributed by atoms with Crippen LogP contribution in [0.5, 0.6) is 0 Å². The summed E-state index contributed by atoms with van der Waals surface area (Å²) in [4.78, 5) is 2.22. The molecule has 0 atom stereocenters. The van der Waals surface area contributed by atoms with Crippen LogP contribution in [-0.4, -0.2) is 46.2 Å². The van der Waals surface area contributed by atoms with E-state index in [0.29, 0.717) is 19.0 Å². The van der Waals surface area contributed by atoms with Crippen molar-refractivity contribution in [2.24, 2.45) is 0 Å². The zero-order valence-electron chi connectivity index (χ0n) is 16.3. The maximum atomic E-state index is 5.53. The number of hydrogen-bond donors (Lipinski definition) is 0. The van der Waals surface area contributed by atoms with Crippen LogP contribution in [0.15, 0.2) is 76.4 Å². The molecule has 30 heavy (non-hydrogen) atoms. The minimum absolute atomic E-state index is 0.643. The molecule has 5 rings (SSSR count). The molecule has 0 spiro atoms. The summed E-state index contributed by atoms with van der Waals surface area (Å²) in [7, 11) is 0. The van der Waals surface area contributed by atoms with Gasteiger partial charge in [0.1, 0.15) is 0 Å². The van der Waals surface area contributed by atoms with Crippen LogP contribution in [0.1, 0.15) is 5.69 Å². The second-order valence-corrected chi connectivity index (χ2v) is 7.83. The zero-order valence-corrected chi connectivity index (χ0v) is 17.2. The van der Waals surface area contributed by atoms with Crippen LogP contribution in [0, 0.1) is 0 Å². The summed E-state index contributed by atoms with van der Waals surface area (Å²) in [6.45, 7) is 3.01. The first kappa shape index (κ1) is 18.9. The third kappa shape index (κ3) is 3.96. The summed E-state index contributed by atoms with van der Waals surface area (Å²) in [5.41, 5.74) is 2.93. The molecule has 0 aliphatic carbocycles. The van der Waals surface area contributed by atoms with Crippen LogP contribution in [-0.2, 0) is 10.5 Å². The molecule has 3 heterocycles. The van der Waals surface area contributed by atoms with Gasteiger partial charge in [-0.15, -0.1) is 10.2 Å². The van der Waals surface area contributed by atoms with Crippen molar-refractivity contribution in [1.82, 2.24) is 19.9 Å². The quantitative estimate of drug-likeness (QED) is 0.437. The number of para-hydroxylation sites is 1. The number of nitrogens with zero attached hydrogens (tertiary/aromatic N) is 5. The maximum absolute atomic E-state index is 5.53. The van der Waals surface area contributed by atoms with Gasteiger partial charge >= 0.3 is 0 Å². The summed E-state index contributed by atoms with van der Waals surface area (Å²) in [6.07, 6.45) is 0. The second-order valence-electron chi connectivity index (χ2n) is 6.89. The largest absolute Gasteiger partial charge is 0.378 e. The van der Waals surface area contributed by atoms with Crippen LogP contribution in [0.3, 0.4) is 0 Å². The average Bonchev–Trinajstić information content (AvgIpc) is 3.47. The fourth-order valence-corrected chi connectivity index (χ4v) is 4.21. The Bertz CT molecular complexity index is 1090. The fourth-order valence-electron chi connectivity index (χ4n) is 3.38. The van der Waals surface area contributed by atoms with Gasteiger partial charge in [-0.1, -0.05) is 65.4 Å². The molecule has 0 unspecified atom stereocenters. The highest BCUT2D eigenvalue weighted by Gasteiger charge is 2.22. The van der Waals surface area contributed by atoms with Gasteiger partial charge < -0.3 is 14.2 Å². The minimum Gasteiger partial charge on any atom is -0.378 e. The standard InChI is InChI=1S/C22H21N5O2S/c1-3-7-17(8-4-1)20-15-18(25-29-20)16-30-22-24-23-21(26-11-13-28-14-12-26)27(22)19-9-5-2-6-10-19/h1-10,15H,11-14,16H2. The van der Waals surface area contributed by atoms with E-state index in [4.69, 9.17) is 9.26 Å². The van der Waals surface area contributed by atoms with Gasteiger partial charge in [0.25, 0.3) is 0 Å². The molecule has 1 saturated heterocycles. The monoisotopic (exact) mass is 419 g/mol. The Hall–Kier alpha value is -3.10. The molecule has 0 radical (unpaired) electrons. The Labute approximate surface area is 178 Å². The minimum atomic E-state index is 0.643. The number of morpholine rings is 1.